The van der Waals surface area contributed by atoms with Crippen molar-refractivity contribution in [3.05, 3.63) is 30.4 Å². The Morgan fingerprint density at radius 2 is 2.28 bits per heavy atom. The maximum Gasteiger partial charge on any atom is 0.316 e. The van der Waals surface area contributed by atoms with Gasteiger partial charge in [0.05, 0.1) is 18.9 Å². The molecule has 1 amide bonds. The number of allylic oxidation sites excluding steroid dienone is 1. The maximum absolute atomic E-state index is 12.6. The number of aromatic nitrogens is 2. The van der Waals surface area contributed by atoms with Crippen LogP contribution in [0.5, 0.6) is 6.01 Å². The van der Waals surface area contributed by atoms with Gasteiger partial charge in [-0.3, -0.25) is 4.79 Å². The molecule has 2 heterocycles. The highest BCUT2D eigenvalue weighted by Gasteiger charge is 2.26. The molecule has 0 N–H and O–H groups in total. The number of amides is 1. The second kappa shape index (κ2) is 5.57. The first-order chi connectivity index (χ1) is 8.69. The molecule has 1 saturated heterocycles. The maximum atomic E-state index is 12.6. The van der Waals surface area contributed by atoms with Gasteiger partial charge < -0.3 is 9.64 Å². The van der Waals surface area contributed by atoms with E-state index in [1.807, 2.05) is 0 Å². The van der Waals surface area contributed by atoms with Crippen LogP contribution in [0.2, 0.25) is 0 Å². The number of carbonyl (C=O) groups excluding carboxylic acids is 1. The monoisotopic (exact) mass is 251 g/mol. The number of ether oxygens (including phenoxy) is 1. The van der Waals surface area contributed by atoms with E-state index in [-0.39, 0.29) is 18.0 Å². The van der Waals surface area contributed by atoms with Gasteiger partial charge in [-0.15, -0.1) is 0 Å². The second-order valence-corrected chi connectivity index (χ2v) is 4.00. The van der Waals surface area contributed by atoms with Gasteiger partial charge in [-0.2, -0.15) is 0 Å². The Morgan fingerprint density at radius 3 is 2.94 bits per heavy atom. The molecule has 1 atom stereocenters. The standard InChI is InChI=1S/C12H14FN3O2/c1-2-3-11(17)16-5-4-10(8-16)18-12-14-6-9(13)7-15-12/h2-3,6-7,10H,4-5,8H2,1H3/b3-2+/t10-/m1/s1. The van der Waals surface area contributed by atoms with E-state index in [9.17, 15) is 9.18 Å². The fraction of sp³-hybridized carbons (Fsp3) is 0.417. The van der Waals surface area contributed by atoms with Gasteiger partial charge in [0, 0.05) is 13.0 Å². The van der Waals surface area contributed by atoms with Crippen LogP contribution in [0.25, 0.3) is 0 Å². The lowest BCUT2D eigenvalue weighted by Crippen LogP contribution is -2.29. The SMILES string of the molecule is C/C=C/C(=O)N1CC[C@@H](Oc2ncc(F)cn2)C1. The number of halogens is 1. The number of likely N-dealkylation sites (tertiary alicyclic amines) is 1. The molecule has 0 bridgehead atoms. The summed E-state index contributed by atoms with van der Waals surface area (Å²) in [5.74, 6) is -0.526. The van der Waals surface area contributed by atoms with Crippen molar-refractivity contribution in [3.8, 4) is 6.01 Å². The Balaban J connectivity index is 1.89. The molecule has 1 aliphatic heterocycles. The molecular formula is C12H14FN3O2. The summed E-state index contributed by atoms with van der Waals surface area (Å²) in [6, 6.07) is 0.140. The van der Waals surface area contributed by atoms with E-state index in [4.69, 9.17) is 4.74 Å². The summed E-state index contributed by atoms with van der Waals surface area (Å²) >= 11 is 0. The highest BCUT2D eigenvalue weighted by molar-refractivity contribution is 5.87. The number of carbonyl (C=O) groups is 1. The summed E-state index contributed by atoms with van der Waals surface area (Å²) in [4.78, 5) is 20.7. The highest BCUT2D eigenvalue weighted by Crippen LogP contribution is 2.15. The zero-order chi connectivity index (χ0) is 13.0. The molecule has 1 fully saturated rings. The lowest BCUT2D eigenvalue weighted by molar-refractivity contribution is -0.125. The first kappa shape index (κ1) is 12.5. The number of hydrogen-bond acceptors (Lipinski definition) is 4. The zero-order valence-electron chi connectivity index (χ0n) is 10.0. The minimum atomic E-state index is -0.501. The molecule has 1 aromatic heterocycles. The minimum Gasteiger partial charge on any atom is -0.458 e. The molecule has 0 spiro atoms. The Kier molecular flexibility index (Phi) is 3.86. The van der Waals surface area contributed by atoms with Gasteiger partial charge in [-0.1, -0.05) is 6.08 Å². The first-order valence-electron chi connectivity index (χ1n) is 5.75. The van der Waals surface area contributed by atoms with Crippen LogP contribution in [0.1, 0.15) is 13.3 Å². The lowest BCUT2D eigenvalue weighted by Gasteiger charge is -2.14. The van der Waals surface area contributed by atoms with Gasteiger partial charge in [-0.05, 0) is 13.0 Å². The number of hydrogen-bond donors (Lipinski definition) is 0. The van der Waals surface area contributed by atoms with Gasteiger partial charge in [0.15, 0.2) is 5.82 Å². The van der Waals surface area contributed by atoms with Crippen LogP contribution >= 0.6 is 0 Å². The van der Waals surface area contributed by atoms with E-state index < -0.39 is 5.82 Å². The quantitative estimate of drug-likeness (QED) is 0.757. The van der Waals surface area contributed by atoms with Crippen molar-refractivity contribution < 1.29 is 13.9 Å². The van der Waals surface area contributed by atoms with Gasteiger partial charge in [0.1, 0.15) is 6.10 Å². The van der Waals surface area contributed by atoms with E-state index >= 15 is 0 Å². The van der Waals surface area contributed by atoms with Crippen molar-refractivity contribution in [2.75, 3.05) is 13.1 Å². The average Bonchev–Trinajstić information content (AvgIpc) is 2.81. The van der Waals surface area contributed by atoms with Crippen LogP contribution in [0.4, 0.5) is 4.39 Å². The fourth-order valence-electron chi connectivity index (χ4n) is 1.78. The van der Waals surface area contributed by atoms with Crippen LogP contribution in [-0.2, 0) is 4.79 Å². The highest BCUT2D eigenvalue weighted by atomic mass is 19.1. The third-order valence-corrected chi connectivity index (χ3v) is 2.63. The topological polar surface area (TPSA) is 55.3 Å². The van der Waals surface area contributed by atoms with E-state index in [1.54, 1.807) is 17.9 Å². The molecule has 0 aliphatic carbocycles. The Hall–Kier alpha value is -1.98. The van der Waals surface area contributed by atoms with Crippen LogP contribution in [0, 0.1) is 5.82 Å². The molecule has 0 aromatic carbocycles. The van der Waals surface area contributed by atoms with E-state index in [0.717, 1.165) is 18.8 Å². The Bertz CT molecular complexity index is 447. The summed E-state index contributed by atoms with van der Waals surface area (Å²) in [7, 11) is 0. The van der Waals surface area contributed by atoms with E-state index in [1.165, 1.54) is 6.08 Å². The van der Waals surface area contributed by atoms with Crippen molar-refractivity contribution in [2.45, 2.75) is 19.4 Å². The average molecular weight is 251 g/mol. The molecule has 5 nitrogen and oxygen atoms in total. The predicted molar refractivity (Wildman–Crippen MR) is 62.4 cm³/mol. The Labute approximate surface area is 104 Å². The van der Waals surface area contributed by atoms with Gasteiger partial charge >= 0.3 is 6.01 Å². The van der Waals surface area contributed by atoms with Crippen molar-refractivity contribution in [3.63, 3.8) is 0 Å². The lowest BCUT2D eigenvalue weighted by atomic mass is 10.3. The number of rotatable bonds is 3. The molecule has 6 heteroatoms. The second-order valence-electron chi connectivity index (χ2n) is 4.00. The number of nitrogens with zero attached hydrogens (tertiary/aromatic N) is 3. The minimum absolute atomic E-state index is 0.0244. The van der Waals surface area contributed by atoms with Gasteiger partial charge in [0.25, 0.3) is 0 Å². The molecular weight excluding hydrogens is 237 g/mol. The van der Waals surface area contributed by atoms with Gasteiger partial charge in [0.2, 0.25) is 5.91 Å². The van der Waals surface area contributed by atoms with Gasteiger partial charge in [-0.25, -0.2) is 14.4 Å². The van der Waals surface area contributed by atoms with Crippen LogP contribution in [0.15, 0.2) is 24.5 Å². The first-order valence-corrected chi connectivity index (χ1v) is 5.75. The third kappa shape index (κ3) is 3.03. The molecule has 0 unspecified atom stereocenters. The largest absolute Gasteiger partial charge is 0.458 e. The molecule has 96 valence electrons. The predicted octanol–water partition coefficient (Wildman–Crippen LogP) is 1.17. The normalized spacial score (nSPS) is 19.4. The van der Waals surface area contributed by atoms with Crippen LogP contribution in [-0.4, -0.2) is 40.0 Å². The van der Waals surface area contributed by atoms with Crippen molar-refractivity contribution in [1.82, 2.24) is 14.9 Å². The summed E-state index contributed by atoms with van der Waals surface area (Å²) < 4.78 is 18.1. The van der Waals surface area contributed by atoms with E-state index in [2.05, 4.69) is 9.97 Å². The van der Waals surface area contributed by atoms with Crippen LogP contribution in [0.3, 0.4) is 0 Å². The summed E-state index contributed by atoms with van der Waals surface area (Å²) in [5.41, 5.74) is 0. The molecule has 1 aliphatic rings. The molecule has 18 heavy (non-hydrogen) atoms. The Morgan fingerprint density at radius 1 is 1.56 bits per heavy atom. The van der Waals surface area contributed by atoms with Crippen molar-refractivity contribution in [1.29, 1.82) is 0 Å². The third-order valence-electron chi connectivity index (χ3n) is 2.63. The summed E-state index contributed by atoms with van der Waals surface area (Å²) in [6.45, 7) is 2.95. The van der Waals surface area contributed by atoms with E-state index in [0.29, 0.717) is 13.1 Å². The summed E-state index contributed by atoms with van der Waals surface area (Å²) in [6.07, 6.45) is 5.94. The molecule has 1 aromatic rings. The molecule has 0 radical (unpaired) electrons. The van der Waals surface area contributed by atoms with Crippen molar-refractivity contribution >= 4 is 5.91 Å². The van der Waals surface area contributed by atoms with Crippen LogP contribution < -0.4 is 4.74 Å². The van der Waals surface area contributed by atoms with Crippen molar-refractivity contribution in [2.24, 2.45) is 0 Å². The summed E-state index contributed by atoms with van der Waals surface area (Å²) in [5, 5.41) is 0. The zero-order valence-corrected chi connectivity index (χ0v) is 10.0. The molecule has 2 rings (SSSR count). The molecule has 0 saturated carbocycles. The fourth-order valence-corrected chi connectivity index (χ4v) is 1.78. The smallest absolute Gasteiger partial charge is 0.316 e.